The fraction of sp³-hybridized carbons (Fsp3) is 0.636. The third kappa shape index (κ3) is 3.34. The van der Waals surface area contributed by atoms with Crippen LogP contribution in [0.15, 0.2) is 12.4 Å². The van der Waals surface area contributed by atoms with Crippen molar-refractivity contribution in [2.24, 2.45) is 18.2 Å². The first-order valence-corrected chi connectivity index (χ1v) is 5.31. The van der Waals surface area contributed by atoms with Gasteiger partial charge in [-0.1, -0.05) is 20.8 Å². The number of aryl methyl sites for hydroxylation is 1. The lowest BCUT2D eigenvalue weighted by Crippen LogP contribution is -2.49. The highest BCUT2D eigenvalue weighted by molar-refractivity contribution is 5.80. The van der Waals surface area contributed by atoms with Gasteiger partial charge in [-0.25, -0.2) is 0 Å². The Morgan fingerprint density at radius 3 is 2.62 bits per heavy atom. The minimum atomic E-state index is -0.340. The quantitative estimate of drug-likeness (QED) is 0.778. The van der Waals surface area contributed by atoms with Gasteiger partial charge in [0.2, 0.25) is 5.91 Å². The predicted octanol–water partition coefficient (Wildman–Crippen LogP) is 0.410. The van der Waals surface area contributed by atoms with E-state index in [1.807, 2.05) is 34.0 Å². The van der Waals surface area contributed by atoms with Crippen LogP contribution in [0.2, 0.25) is 0 Å². The minimum Gasteiger partial charge on any atom is -0.368 e. The van der Waals surface area contributed by atoms with Crippen LogP contribution in [0.1, 0.15) is 26.3 Å². The Balaban J connectivity index is 2.61. The highest BCUT2D eigenvalue weighted by atomic mass is 16.1. The van der Waals surface area contributed by atoms with Crippen molar-refractivity contribution in [2.45, 2.75) is 33.4 Å². The molecule has 0 saturated carbocycles. The van der Waals surface area contributed by atoms with Gasteiger partial charge in [0.25, 0.3) is 0 Å². The maximum absolute atomic E-state index is 11.3. The summed E-state index contributed by atoms with van der Waals surface area (Å²) in [4.78, 5) is 11.3. The van der Waals surface area contributed by atoms with Gasteiger partial charge >= 0.3 is 0 Å². The molecule has 16 heavy (non-hydrogen) atoms. The summed E-state index contributed by atoms with van der Waals surface area (Å²) < 4.78 is 1.73. The zero-order valence-corrected chi connectivity index (χ0v) is 10.3. The lowest BCUT2D eigenvalue weighted by atomic mass is 9.86. The maximum atomic E-state index is 11.3. The number of amides is 1. The van der Waals surface area contributed by atoms with E-state index in [2.05, 4.69) is 10.4 Å². The van der Waals surface area contributed by atoms with Gasteiger partial charge in [-0.15, -0.1) is 0 Å². The van der Waals surface area contributed by atoms with E-state index in [1.165, 1.54) is 0 Å². The van der Waals surface area contributed by atoms with Crippen molar-refractivity contribution in [3.8, 4) is 0 Å². The number of aromatic nitrogens is 2. The van der Waals surface area contributed by atoms with Crippen LogP contribution >= 0.6 is 0 Å². The summed E-state index contributed by atoms with van der Waals surface area (Å²) in [6.07, 6.45) is 3.68. The fourth-order valence-corrected chi connectivity index (χ4v) is 1.62. The number of carbonyl (C=O) groups excluding carboxylic acids is 1. The first-order chi connectivity index (χ1) is 7.30. The van der Waals surface area contributed by atoms with Gasteiger partial charge in [0.05, 0.1) is 12.2 Å². The standard InChI is InChI=1S/C11H20N4O/c1-11(2,3)9(10(12)16)13-5-8-6-14-15(4)7-8/h6-7,9,13H,5H2,1-4H3,(H2,12,16). The number of hydrogen-bond donors (Lipinski definition) is 2. The molecule has 0 aliphatic heterocycles. The van der Waals surface area contributed by atoms with Crippen molar-refractivity contribution in [3.05, 3.63) is 18.0 Å². The Morgan fingerprint density at radius 2 is 2.25 bits per heavy atom. The third-order valence-electron chi connectivity index (χ3n) is 2.42. The second-order valence-electron chi connectivity index (χ2n) is 5.10. The molecule has 0 fully saturated rings. The van der Waals surface area contributed by atoms with E-state index in [9.17, 15) is 4.79 Å². The molecule has 1 amide bonds. The normalized spacial score (nSPS) is 13.8. The molecule has 0 radical (unpaired) electrons. The molecule has 0 bridgehead atoms. The Hall–Kier alpha value is -1.36. The average molecular weight is 224 g/mol. The molecule has 90 valence electrons. The van der Waals surface area contributed by atoms with Crippen molar-refractivity contribution in [2.75, 3.05) is 0 Å². The summed E-state index contributed by atoms with van der Waals surface area (Å²) in [5.74, 6) is -0.323. The topological polar surface area (TPSA) is 72.9 Å². The Labute approximate surface area is 96.0 Å². The molecule has 1 aromatic heterocycles. The van der Waals surface area contributed by atoms with Crippen LogP contribution in [0.5, 0.6) is 0 Å². The molecule has 1 atom stereocenters. The van der Waals surface area contributed by atoms with Gasteiger partial charge in [-0.3, -0.25) is 9.48 Å². The first-order valence-electron chi connectivity index (χ1n) is 5.31. The summed E-state index contributed by atoms with van der Waals surface area (Å²) in [5.41, 5.74) is 6.22. The predicted molar refractivity (Wildman–Crippen MR) is 62.5 cm³/mol. The Bertz CT molecular complexity index is 364. The van der Waals surface area contributed by atoms with Gasteiger partial charge in [0.1, 0.15) is 0 Å². The number of carbonyl (C=O) groups is 1. The fourth-order valence-electron chi connectivity index (χ4n) is 1.62. The average Bonchev–Trinajstić information content (AvgIpc) is 2.48. The number of nitrogens with two attached hydrogens (primary N) is 1. The summed E-state index contributed by atoms with van der Waals surface area (Å²) in [6, 6.07) is -0.340. The molecule has 0 aliphatic carbocycles. The van der Waals surface area contributed by atoms with Crippen LogP contribution in [0.3, 0.4) is 0 Å². The van der Waals surface area contributed by atoms with Crippen molar-refractivity contribution in [1.82, 2.24) is 15.1 Å². The van der Waals surface area contributed by atoms with Crippen molar-refractivity contribution in [3.63, 3.8) is 0 Å². The maximum Gasteiger partial charge on any atom is 0.235 e. The SMILES string of the molecule is Cn1cc(CNC(C(N)=O)C(C)(C)C)cn1. The van der Waals surface area contributed by atoms with Gasteiger partial charge in [-0.2, -0.15) is 5.10 Å². The monoisotopic (exact) mass is 224 g/mol. The zero-order chi connectivity index (χ0) is 12.3. The van der Waals surface area contributed by atoms with E-state index >= 15 is 0 Å². The number of nitrogens with one attached hydrogen (secondary N) is 1. The lowest BCUT2D eigenvalue weighted by Gasteiger charge is -2.28. The molecule has 0 aliphatic rings. The van der Waals surface area contributed by atoms with Crippen LogP contribution in [-0.4, -0.2) is 21.7 Å². The van der Waals surface area contributed by atoms with E-state index in [0.29, 0.717) is 6.54 Å². The van der Waals surface area contributed by atoms with Gasteiger partial charge < -0.3 is 11.1 Å². The van der Waals surface area contributed by atoms with Gasteiger partial charge in [0, 0.05) is 25.4 Å². The van der Waals surface area contributed by atoms with Gasteiger partial charge in [-0.05, 0) is 5.41 Å². The minimum absolute atomic E-state index is 0.186. The molecule has 5 heteroatoms. The Kier molecular flexibility index (Phi) is 3.70. The molecule has 3 N–H and O–H groups in total. The second-order valence-corrected chi connectivity index (χ2v) is 5.10. The summed E-state index contributed by atoms with van der Waals surface area (Å²) in [5, 5.41) is 7.22. The van der Waals surface area contributed by atoms with Crippen LogP contribution < -0.4 is 11.1 Å². The van der Waals surface area contributed by atoms with Crippen LogP contribution in [0.4, 0.5) is 0 Å². The van der Waals surface area contributed by atoms with Crippen LogP contribution in [0, 0.1) is 5.41 Å². The molecule has 0 saturated heterocycles. The highest BCUT2D eigenvalue weighted by Crippen LogP contribution is 2.19. The molecule has 1 rings (SSSR count). The van der Waals surface area contributed by atoms with E-state index < -0.39 is 0 Å². The van der Waals surface area contributed by atoms with Crippen molar-refractivity contribution in [1.29, 1.82) is 0 Å². The molecular formula is C11H20N4O. The van der Waals surface area contributed by atoms with Gasteiger partial charge in [0.15, 0.2) is 0 Å². The van der Waals surface area contributed by atoms with Crippen molar-refractivity contribution < 1.29 is 4.79 Å². The first kappa shape index (κ1) is 12.7. The third-order valence-corrected chi connectivity index (χ3v) is 2.42. The lowest BCUT2D eigenvalue weighted by molar-refractivity contribution is -0.122. The zero-order valence-electron chi connectivity index (χ0n) is 10.3. The molecule has 1 unspecified atom stereocenters. The van der Waals surface area contributed by atoms with E-state index in [4.69, 9.17) is 5.73 Å². The summed E-state index contributed by atoms with van der Waals surface area (Å²) in [7, 11) is 1.86. The Morgan fingerprint density at radius 1 is 1.62 bits per heavy atom. The highest BCUT2D eigenvalue weighted by Gasteiger charge is 2.28. The number of rotatable bonds is 4. The molecule has 5 nitrogen and oxygen atoms in total. The second kappa shape index (κ2) is 4.65. The number of nitrogens with zero attached hydrogens (tertiary/aromatic N) is 2. The smallest absolute Gasteiger partial charge is 0.235 e. The largest absolute Gasteiger partial charge is 0.368 e. The molecular weight excluding hydrogens is 204 g/mol. The molecule has 1 aromatic rings. The molecule has 1 heterocycles. The van der Waals surface area contributed by atoms with E-state index in [0.717, 1.165) is 5.56 Å². The van der Waals surface area contributed by atoms with Crippen LogP contribution in [0.25, 0.3) is 0 Å². The van der Waals surface area contributed by atoms with E-state index in [1.54, 1.807) is 10.9 Å². The molecule has 0 spiro atoms. The molecule has 0 aromatic carbocycles. The number of primary amides is 1. The summed E-state index contributed by atoms with van der Waals surface area (Å²) >= 11 is 0. The van der Waals surface area contributed by atoms with Crippen molar-refractivity contribution >= 4 is 5.91 Å². The van der Waals surface area contributed by atoms with E-state index in [-0.39, 0.29) is 17.4 Å². The number of hydrogen-bond acceptors (Lipinski definition) is 3. The van der Waals surface area contributed by atoms with Crippen LogP contribution in [-0.2, 0) is 18.4 Å². The summed E-state index contributed by atoms with van der Waals surface area (Å²) in [6.45, 7) is 6.55.